The third-order valence-electron chi connectivity index (χ3n) is 4.48. The molecular formula is C14H18BrN3O5S. The first-order valence-corrected chi connectivity index (χ1v) is 10.1. The molecule has 0 aromatic carbocycles. The Kier molecular flexibility index (Phi) is 4.71. The van der Waals surface area contributed by atoms with Crippen LogP contribution in [-0.2, 0) is 20.9 Å². The number of hydrogen-bond acceptors (Lipinski definition) is 6. The zero-order valence-electron chi connectivity index (χ0n) is 13.1. The first-order chi connectivity index (χ1) is 11.2. The van der Waals surface area contributed by atoms with Crippen LogP contribution < -0.4 is 4.90 Å². The number of aromatic nitrogens is 1. The maximum atomic E-state index is 11.3. The van der Waals surface area contributed by atoms with Crippen LogP contribution in [0.15, 0.2) is 16.9 Å². The first-order valence-electron chi connectivity index (χ1n) is 7.48. The van der Waals surface area contributed by atoms with Gasteiger partial charge in [0.2, 0.25) is 0 Å². The minimum atomic E-state index is -3.53. The van der Waals surface area contributed by atoms with E-state index in [1.54, 1.807) is 6.20 Å². The molecule has 2 saturated heterocycles. The summed E-state index contributed by atoms with van der Waals surface area (Å²) in [5.74, 6) is 0.320. The van der Waals surface area contributed by atoms with Crippen molar-refractivity contribution in [2.75, 3.05) is 30.8 Å². The van der Waals surface area contributed by atoms with Crippen molar-refractivity contribution < 1.29 is 22.5 Å². The van der Waals surface area contributed by atoms with Gasteiger partial charge >= 0.3 is 6.09 Å². The first kappa shape index (κ1) is 17.4. The number of amides is 1. The van der Waals surface area contributed by atoms with Crippen LogP contribution in [0.2, 0.25) is 0 Å². The van der Waals surface area contributed by atoms with E-state index in [-0.39, 0.29) is 12.6 Å². The van der Waals surface area contributed by atoms with Crippen LogP contribution in [0, 0.1) is 5.92 Å². The van der Waals surface area contributed by atoms with E-state index in [2.05, 4.69) is 25.8 Å². The summed E-state index contributed by atoms with van der Waals surface area (Å²) in [5.41, 5.74) is 1.47. The molecule has 24 heavy (non-hydrogen) atoms. The van der Waals surface area contributed by atoms with Crippen molar-refractivity contribution >= 4 is 37.8 Å². The maximum absolute atomic E-state index is 11.3. The third-order valence-corrected chi connectivity index (χ3v) is 5.74. The molecule has 1 aromatic heterocycles. The summed E-state index contributed by atoms with van der Waals surface area (Å²) in [6.07, 6.45) is 2.68. The molecule has 2 aliphatic rings. The van der Waals surface area contributed by atoms with Gasteiger partial charge in [-0.1, -0.05) is 0 Å². The van der Waals surface area contributed by atoms with Crippen molar-refractivity contribution in [2.24, 2.45) is 5.92 Å². The number of carbonyl (C=O) groups is 1. The van der Waals surface area contributed by atoms with Gasteiger partial charge in [0.1, 0.15) is 4.60 Å². The highest BCUT2D eigenvalue weighted by Gasteiger charge is 2.43. The average Bonchev–Trinajstić information content (AvgIpc) is 3.05. The van der Waals surface area contributed by atoms with E-state index in [4.69, 9.17) is 4.18 Å². The Morgan fingerprint density at radius 3 is 2.92 bits per heavy atom. The zero-order valence-corrected chi connectivity index (χ0v) is 15.5. The van der Waals surface area contributed by atoms with Gasteiger partial charge in [0.15, 0.2) is 0 Å². The average molecular weight is 420 g/mol. The lowest BCUT2D eigenvalue weighted by Gasteiger charge is -2.23. The van der Waals surface area contributed by atoms with E-state index in [1.807, 2.05) is 6.07 Å². The second-order valence-corrected chi connectivity index (χ2v) is 8.50. The number of carboxylic acid groups (broad SMARTS) is 1. The van der Waals surface area contributed by atoms with Crippen LogP contribution in [0.25, 0.3) is 0 Å². The summed E-state index contributed by atoms with van der Waals surface area (Å²) in [4.78, 5) is 19.1. The van der Waals surface area contributed by atoms with E-state index >= 15 is 0 Å². The van der Waals surface area contributed by atoms with Crippen molar-refractivity contribution in [3.8, 4) is 0 Å². The number of fused-ring (bicyclic) bond motifs is 1. The summed E-state index contributed by atoms with van der Waals surface area (Å²) in [6, 6.07) is 1.83. The van der Waals surface area contributed by atoms with Gasteiger partial charge in [-0.3, -0.25) is 4.18 Å². The molecule has 0 radical (unpaired) electrons. The third kappa shape index (κ3) is 3.65. The molecule has 8 nitrogen and oxygen atoms in total. The molecule has 3 heterocycles. The van der Waals surface area contributed by atoms with Gasteiger partial charge in [-0.25, -0.2) is 9.78 Å². The van der Waals surface area contributed by atoms with Gasteiger partial charge in [-0.05, 0) is 28.4 Å². The predicted molar refractivity (Wildman–Crippen MR) is 90.4 cm³/mol. The minimum Gasteiger partial charge on any atom is -0.465 e. The normalized spacial score (nSPS) is 23.6. The summed E-state index contributed by atoms with van der Waals surface area (Å²) in [7, 11) is -3.53. The van der Waals surface area contributed by atoms with Crippen molar-refractivity contribution in [1.29, 1.82) is 0 Å². The molecule has 2 atom stereocenters. The lowest BCUT2D eigenvalue weighted by molar-refractivity contribution is 0.140. The largest absolute Gasteiger partial charge is 0.465 e. The lowest BCUT2D eigenvalue weighted by atomic mass is 10.1. The summed E-state index contributed by atoms with van der Waals surface area (Å²) < 4.78 is 27.7. The fourth-order valence-electron chi connectivity index (χ4n) is 3.34. The molecule has 132 valence electrons. The molecule has 1 N–H and O–H groups in total. The molecule has 0 aliphatic carbocycles. The lowest BCUT2D eigenvalue weighted by Crippen LogP contribution is -2.38. The fraction of sp³-hybridized carbons (Fsp3) is 0.571. The van der Waals surface area contributed by atoms with E-state index in [0.29, 0.717) is 29.2 Å². The Morgan fingerprint density at radius 2 is 2.25 bits per heavy atom. The molecule has 10 heteroatoms. The van der Waals surface area contributed by atoms with Gasteiger partial charge in [0.25, 0.3) is 10.1 Å². The minimum absolute atomic E-state index is 0.00173. The Labute approximate surface area is 148 Å². The Balaban J connectivity index is 1.75. The standard InChI is InChI=1S/C14H18BrN3O5S/c1-24(21,22)23-8-10-4-11(5-16-13(10)15)17-6-9-2-3-18(14(19)20)12(9)7-17/h4-5,9,12H,2-3,6-8H2,1H3,(H,19,20)/t9-,12+/m1/s1. The van der Waals surface area contributed by atoms with Gasteiger partial charge in [-0.15, -0.1) is 0 Å². The van der Waals surface area contributed by atoms with Gasteiger partial charge in [0, 0.05) is 31.1 Å². The molecule has 0 bridgehead atoms. The molecule has 3 rings (SSSR count). The number of nitrogens with zero attached hydrogens (tertiary/aromatic N) is 3. The second kappa shape index (κ2) is 6.49. The number of likely N-dealkylation sites (tertiary alicyclic amines) is 1. The number of anilines is 1. The molecule has 1 amide bonds. The topological polar surface area (TPSA) is 100 Å². The van der Waals surface area contributed by atoms with E-state index in [0.717, 1.165) is 24.9 Å². The molecule has 2 aliphatic heterocycles. The van der Waals surface area contributed by atoms with Crippen LogP contribution in [0.1, 0.15) is 12.0 Å². The van der Waals surface area contributed by atoms with Crippen LogP contribution in [0.3, 0.4) is 0 Å². The summed E-state index contributed by atoms with van der Waals surface area (Å²) in [6.45, 7) is 1.88. The van der Waals surface area contributed by atoms with Crippen molar-refractivity contribution in [1.82, 2.24) is 9.88 Å². The summed E-state index contributed by atoms with van der Waals surface area (Å²) in [5, 5.41) is 9.26. The van der Waals surface area contributed by atoms with E-state index in [9.17, 15) is 18.3 Å². The van der Waals surface area contributed by atoms with E-state index < -0.39 is 16.2 Å². The van der Waals surface area contributed by atoms with Crippen LogP contribution >= 0.6 is 15.9 Å². The summed E-state index contributed by atoms with van der Waals surface area (Å²) >= 11 is 3.29. The number of hydrogen-bond donors (Lipinski definition) is 1. The van der Waals surface area contributed by atoms with Crippen LogP contribution in [0.4, 0.5) is 10.5 Å². The fourth-order valence-corrected chi connectivity index (χ4v) is 4.01. The van der Waals surface area contributed by atoms with Crippen molar-refractivity contribution in [3.05, 3.63) is 22.4 Å². The highest BCUT2D eigenvalue weighted by atomic mass is 79.9. The molecule has 2 fully saturated rings. The van der Waals surface area contributed by atoms with E-state index in [1.165, 1.54) is 4.90 Å². The zero-order chi connectivity index (χ0) is 17.5. The second-order valence-electron chi connectivity index (χ2n) is 6.11. The maximum Gasteiger partial charge on any atom is 0.407 e. The predicted octanol–water partition coefficient (Wildman–Crippen LogP) is 1.51. The molecule has 0 spiro atoms. The quantitative estimate of drug-likeness (QED) is 0.582. The van der Waals surface area contributed by atoms with Crippen LogP contribution in [0.5, 0.6) is 0 Å². The van der Waals surface area contributed by atoms with Gasteiger partial charge < -0.3 is 14.9 Å². The smallest absolute Gasteiger partial charge is 0.407 e. The number of halogens is 1. The number of rotatable bonds is 4. The Morgan fingerprint density at radius 1 is 1.50 bits per heavy atom. The monoisotopic (exact) mass is 419 g/mol. The highest BCUT2D eigenvalue weighted by molar-refractivity contribution is 9.10. The van der Waals surface area contributed by atoms with Gasteiger partial charge in [0.05, 0.1) is 30.8 Å². The van der Waals surface area contributed by atoms with Crippen LogP contribution in [-0.4, -0.2) is 61.4 Å². The SMILES string of the molecule is CS(=O)(=O)OCc1cc(N2C[C@H]3CCN(C(=O)O)[C@H]3C2)cnc1Br. The highest BCUT2D eigenvalue weighted by Crippen LogP contribution is 2.34. The Hall–Kier alpha value is -1.39. The van der Waals surface area contributed by atoms with Crippen molar-refractivity contribution in [2.45, 2.75) is 19.1 Å². The number of pyridine rings is 1. The molecular weight excluding hydrogens is 402 g/mol. The molecule has 1 aromatic rings. The van der Waals surface area contributed by atoms with Gasteiger partial charge in [-0.2, -0.15) is 8.42 Å². The van der Waals surface area contributed by atoms with Crippen molar-refractivity contribution in [3.63, 3.8) is 0 Å². The molecule has 0 saturated carbocycles. The molecule has 0 unspecified atom stereocenters. The Bertz CT molecular complexity index is 757.